The van der Waals surface area contributed by atoms with Gasteiger partial charge >= 0.3 is 5.97 Å². The second-order valence-electron chi connectivity index (χ2n) is 10.7. The van der Waals surface area contributed by atoms with Gasteiger partial charge in [0.15, 0.2) is 0 Å². The SMILES string of the molecule is C/C(=C\c1csc(C)n1)[C@@H]1C[C@H](N=[N+]=[N-])C(O)CCCC(C)[C@H](O)C(C)C(=O)C(C)(C)C(O)CC(=O)O1. The smallest absolute Gasteiger partial charge is 0.309 e. The Balaban J connectivity index is 2.43. The van der Waals surface area contributed by atoms with E-state index >= 15 is 0 Å². The van der Waals surface area contributed by atoms with E-state index in [0.29, 0.717) is 30.5 Å². The molecule has 2 heterocycles. The van der Waals surface area contributed by atoms with Crippen molar-refractivity contribution >= 4 is 29.2 Å². The molecule has 7 atom stereocenters. The zero-order valence-corrected chi connectivity index (χ0v) is 23.3. The van der Waals surface area contributed by atoms with Gasteiger partial charge < -0.3 is 20.1 Å². The van der Waals surface area contributed by atoms with E-state index in [2.05, 4.69) is 15.0 Å². The molecule has 1 fully saturated rings. The Labute approximate surface area is 222 Å². The molecule has 0 bridgehead atoms. The minimum absolute atomic E-state index is 0.0377. The predicted octanol–water partition coefficient (Wildman–Crippen LogP) is 4.36. The van der Waals surface area contributed by atoms with Crippen molar-refractivity contribution in [1.82, 2.24) is 4.98 Å². The molecule has 3 N–H and O–H groups in total. The predicted molar refractivity (Wildman–Crippen MR) is 142 cm³/mol. The molecule has 206 valence electrons. The first-order valence-corrected chi connectivity index (χ1v) is 13.6. The minimum Gasteiger partial charge on any atom is -0.458 e. The lowest BCUT2D eigenvalue weighted by atomic mass is 9.73. The molecule has 0 aromatic carbocycles. The van der Waals surface area contributed by atoms with E-state index < -0.39 is 54.2 Å². The zero-order valence-electron chi connectivity index (χ0n) is 22.5. The van der Waals surface area contributed by atoms with E-state index in [4.69, 9.17) is 10.3 Å². The fraction of sp³-hybridized carbons (Fsp3) is 0.731. The summed E-state index contributed by atoms with van der Waals surface area (Å²) in [4.78, 5) is 33.5. The lowest BCUT2D eigenvalue weighted by molar-refractivity contribution is -0.154. The van der Waals surface area contributed by atoms with E-state index in [1.165, 1.54) is 11.3 Å². The van der Waals surface area contributed by atoms with Crippen molar-refractivity contribution in [3.8, 4) is 0 Å². The highest BCUT2D eigenvalue weighted by molar-refractivity contribution is 7.09. The number of carbonyl (C=O) groups is 2. The molecule has 2 rings (SSSR count). The molecule has 10 nitrogen and oxygen atoms in total. The van der Waals surface area contributed by atoms with Crippen LogP contribution in [0.4, 0.5) is 0 Å². The molecule has 1 aliphatic rings. The van der Waals surface area contributed by atoms with Gasteiger partial charge in [-0.25, -0.2) is 4.98 Å². The van der Waals surface area contributed by atoms with Crippen molar-refractivity contribution in [1.29, 1.82) is 0 Å². The summed E-state index contributed by atoms with van der Waals surface area (Å²) in [5.74, 6) is -2.07. The van der Waals surface area contributed by atoms with Crippen molar-refractivity contribution in [3.05, 3.63) is 32.1 Å². The average Bonchev–Trinajstić information content (AvgIpc) is 3.24. The largest absolute Gasteiger partial charge is 0.458 e. The van der Waals surface area contributed by atoms with Gasteiger partial charge in [0.1, 0.15) is 11.9 Å². The number of nitrogens with zero attached hydrogens (tertiary/aromatic N) is 4. The number of Topliss-reactive ketones (excluding diaryl/α,β-unsaturated/α-hetero) is 1. The molecular formula is C26H40N4O6S. The van der Waals surface area contributed by atoms with E-state index in [1.54, 1.807) is 33.8 Å². The molecule has 4 unspecified atom stereocenters. The van der Waals surface area contributed by atoms with Crippen molar-refractivity contribution in [2.45, 2.75) is 104 Å². The molecule has 1 saturated heterocycles. The molecule has 0 radical (unpaired) electrons. The normalized spacial score (nSPS) is 32.9. The third-order valence-electron chi connectivity index (χ3n) is 7.39. The molecule has 0 amide bonds. The van der Waals surface area contributed by atoms with Gasteiger partial charge in [-0.3, -0.25) is 9.59 Å². The van der Waals surface area contributed by atoms with Gasteiger partial charge in [0.05, 0.1) is 46.9 Å². The fourth-order valence-electron chi connectivity index (χ4n) is 4.70. The van der Waals surface area contributed by atoms with Crippen LogP contribution in [-0.2, 0) is 14.3 Å². The average molecular weight is 537 g/mol. The number of aliphatic hydroxyl groups excluding tert-OH is 3. The van der Waals surface area contributed by atoms with Gasteiger partial charge in [0, 0.05) is 16.2 Å². The Morgan fingerprint density at radius 1 is 1.27 bits per heavy atom. The van der Waals surface area contributed by atoms with Crippen LogP contribution in [0.3, 0.4) is 0 Å². The lowest BCUT2D eigenvalue weighted by Gasteiger charge is -2.35. The molecule has 1 aliphatic heterocycles. The second kappa shape index (κ2) is 13.5. The standard InChI is InChI=1S/C26H40N4O6S/c1-14-8-7-9-20(31)19(29-30-27)11-21(15(2)10-18-13-37-17(4)28-18)36-23(33)12-22(32)26(5,6)25(35)16(3)24(14)34/h10,13-14,16,19-22,24,31-32,34H,7-9,11-12H2,1-6H3/b15-10+/t14?,16?,19-,20?,21-,22?,24-/m0/s1. The van der Waals surface area contributed by atoms with Gasteiger partial charge in [-0.2, -0.15) is 0 Å². The first-order valence-electron chi connectivity index (χ1n) is 12.7. The van der Waals surface area contributed by atoms with Gasteiger partial charge in [-0.05, 0) is 56.2 Å². The Kier molecular flexibility index (Phi) is 11.3. The molecular weight excluding hydrogens is 496 g/mol. The summed E-state index contributed by atoms with van der Waals surface area (Å²) in [5, 5.41) is 39.0. The number of carbonyl (C=O) groups excluding carboxylic acids is 2. The van der Waals surface area contributed by atoms with E-state index in [1.807, 2.05) is 19.2 Å². The van der Waals surface area contributed by atoms with E-state index in [9.17, 15) is 24.9 Å². The number of thiazole rings is 1. The van der Waals surface area contributed by atoms with Crippen LogP contribution in [0.2, 0.25) is 0 Å². The quantitative estimate of drug-likeness (QED) is 0.223. The van der Waals surface area contributed by atoms with Crippen LogP contribution in [0.1, 0.15) is 77.4 Å². The van der Waals surface area contributed by atoms with Gasteiger partial charge in [-0.1, -0.05) is 39.2 Å². The first-order chi connectivity index (χ1) is 17.3. The summed E-state index contributed by atoms with van der Waals surface area (Å²) in [6.07, 6.45) is -1.38. The van der Waals surface area contributed by atoms with Crippen molar-refractivity contribution in [2.75, 3.05) is 0 Å². The van der Waals surface area contributed by atoms with Crippen molar-refractivity contribution in [2.24, 2.45) is 22.4 Å². The number of hydrogen-bond acceptors (Lipinski definition) is 9. The monoisotopic (exact) mass is 536 g/mol. The van der Waals surface area contributed by atoms with Crippen LogP contribution in [0.15, 0.2) is 16.1 Å². The summed E-state index contributed by atoms with van der Waals surface area (Å²) < 4.78 is 5.73. The number of azide groups is 1. The first kappa shape index (κ1) is 30.9. The van der Waals surface area contributed by atoms with Gasteiger partial charge in [0.2, 0.25) is 0 Å². The van der Waals surface area contributed by atoms with Crippen LogP contribution in [0, 0.1) is 24.2 Å². The number of rotatable bonds is 3. The molecule has 0 spiro atoms. The van der Waals surface area contributed by atoms with Crippen LogP contribution in [-0.4, -0.2) is 62.5 Å². The number of aromatic nitrogens is 1. The van der Waals surface area contributed by atoms with Crippen LogP contribution >= 0.6 is 11.3 Å². The molecule has 1 aromatic rings. The number of ketones is 1. The Morgan fingerprint density at radius 3 is 2.54 bits per heavy atom. The number of aliphatic hydroxyl groups is 3. The molecule has 11 heteroatoms. The van der Waals surface area contributed by atoms with Crippen molar-refractivity contribution < 1.29 is 29.6 Å². The maximum Gasteiger partial charge on any atom is 0.309 e. The number of ether oxygens (including phenoxy) is 1. The number of cyclic esters (lactones) is 1. The highest BCUT2D eigenvalue weighted by Gasteiger charge is 2.42. The van der Waals surface area contributed by atoms with Crippen molar-refractivity contribution in [3.63, 3.8) is 0 Å². The number of esters is 1. The maximum atomic E-state index is 13.2. The zero-order chi connectivity index (χ0) is 27.9. The molecule has 37 heavy (non-hydrogen) atoms. The molecule has 0 saturated carbocycles. The van der Waals surface area contributed by atoms with E-state index in [-0.39, 0.29) is 18.1 Å². The maximum absolute atomic E-state index is 13.2. The summed E-state index contributed by atoms with van der Waals surface area (Å²) in [5.41, 5.74) is 9.17. The Morgan fingerprint density at radius 2 is 1.95 bits per heavy atom. The summed E-state index contributed by atoms with van der Waals surface area (Å²) >= 11 is 1.48. The Bertz CT molecular complexity index is 1020. The summed E-state index contributed by atoms with van der Waals surface area (Å²) in [7, 11) is 0. The lowest BCUT2D eigenvalue weighted by Crippen LogP contribution is -2.46. The number of aryl methyl sites for hydroxylation is 1. The van der Waals surface area contributed by atoms with Crippen LogP contribution in [0.5, 0.6) is 0 Å². The van der Waals surface area contributed by atoms with E-state index in [0.717, 1.165) is 5.01 Å². The topological polar surface area (TPSA) is 166 Å². The summed E-state index contributed by atoms with van der Waals surface area (Å²) in [6.45, 7) is 10.2. The minimum atomic E-state index is -1.34. The fourth-order valence-corrected chi connectivity index (χ4v) is 5.27. The van der Waals surface area contributed by atoms with Gasteiger partial charge in [-0.15, -0.1) is 11.3 Å². The highest BCUT2D eigenvalue weighted by Crippen LogP contribution is 2.33. The Hall–Kier alpha value is -2.30. The van der Waals surface area contributed by atoms with Crippen LogP contribution in [0.25, 0.3) is 16.5 Å². The summed E-state index contributed by atoms with van der Waals surface area (Å²) in [6, 6.07) is -0.863. The van der Waals surface area contributed by atoms with Crippen LogP contribution < -0.4 is 0 Å². The third kappa shape index (κ3) is 8.35. The third-order valence-corrected chi connectivity index (χ3v) is 8.18. The molecule has 0 aliphatic carbocycles. The molecule has 1 aromatic heterocycles. The van der Waals surface area contributed by atoms with Gasteiger partial charge in [0.25, 0.3) is 0 Å². The highest BCUT2D eigenvalue weighted by atomic mass is 32.1. The number of hydrogen-bond donors (Lipinski definition) is 3. The second-order valence-corrected chi connectivity index (χ2v) is 11.8.